The molecule has 1 aromatic carbocycles. The van der Waals surface area contributed by atoms with E-state index in [4.69, 9.17) is 0 Å². The molecule has 2 atom stereocenters. The van der Waals surface area contributed by atoms with Crippen LogP contribution in [0.15, 0.2) is 30.3 Å². The van der Waals surface area contributed by atoms with Crippen LogP contribution in [0.5, 0.6) is 0 Å². The number of carboxylic acid groups (broad SMARTS) is 1. The molecule has 6 heteroatoms. The second-order valence-corrected chi connectivity index (χ2v) is 5.71. The highest BCUT2D eigenvalue weighted by molar-refractivity contribution is 5.90. The van der Waals surface area contributed by atoms with Crippen molar-refractivity contribution in [2.45, 2.75) is 37.3 Å². The first-order chi connectivity index (χ1) is 10.6. The fraction of sp³-hybridized carbons (Fsp3) is 0.500. The Kier molecular flexibility index (Phi) is 5.51. The molecule has 1 aromatic rings. The molecule has 0 spiro atoms. The molecule has 0 unspecified atom stereocenters. The van der Waals surface area contributed by atoms with Crippen molar-refractivity contribution in [1.82, 2.24) is 10.6 Å². The minimum atomic E-state index is -1.17. The van der Waals surface area contributed by atoms with Gasteiger partial charge in [-0.15, -0.1) is 0 Å². The Balaban J connectivity index is 1.85. The maximum atomic E-state index is 11.4. The summed E-state index contributed by atoms with van der Waals surface area (Å²) in [4.78, 5) is 22.7. The molecule has 1 heterocycles. The second kappa shape index (κ2) is 7.38. The maximum absolute atomic E-state index is 11.4. The fourth-order valence-electron chi connectivity index (χ4n) is 2.76. The van der Waals surface area contributed by atoms with Crippen LogP contribution < -0.4 is 10.6 Å². The van der Waals surface area contributed by atoms with Crippen molar-refractivity contribution in [2.75, 3.05) is 13.2 Å². The van der Waals surface area contributed by atoms with Gasteiger partial charge in [-0.2, -0.15) is 0 Å². The first kappa shape index (κ1) is 16.5. The van der Waals surface area contributed by atoms with Crippen molar-refractivity contribution in [1.29, 1.82) is 0 Å². The first-order valence-corrected chi connectivity index (χ1v) is 7.48. The lowest BCUT2D eigenvalue weighted by Gasteiger charge is -2.25. The molecule has 1 fully saturated rings. The van der Waals surface area contributed by atoms with Crippen LogP contribution >= 0.6 is 0 Å². The van der Waals surface area contributed by atoms with Crippen LogP contribution in [-0.2, 0) is 16.0 Å². The predicted octanol–water partition coefficient (Wildman–Crippen LogP) is 0.303. The third-order valence-corrected chi connectivity index (χ3v) is 4.10. The summed E-state index contributed by atoms with van der Waals surface area (Å²) in [6.07, 6.45) is 1.54. The summed E-state index contributed by atoms with van der Waals surface area (Å²) in [6, 6.07) is 9.66. The minimum Gasteiger partial charge on any atom is -0.480 e. The van der Waals surface area contributed by atoms with Crippen molar-refractivity contribution in [3.8, 4) is 0 Å². The number of carboxylic acids is 1. The molecule has 0 radical (unpaired) electrons. The van der Waals surface area contributed by atoms with Gasteiger partial charge in [-0.05, 0) is 31.4 Å². The molecule has 22 heavy (non-hydrogen) atoms. The van der Waals surface area contributed by atoms with Gasteiger partial charge in [-0.1, -0.05) is 30.3 Å². The quantitative estimate of drug-likeness (QED) is 0.554. The van der Waals surface area contributed by atoms with E-state index in [0.717, 1.165) is 5.56 Å². The summed E-state index contributed by atoms with van der Waals surface area (Å²) >= 11 is 0. The SMILES string of the molecule is O=C1CC[C@](CCN[C@H](CO)Cc2ccccc2)(C(=O)O)N1. The third-order valence-electron chi connectivity index (χ3n) is 4.10. The van der Waals surface area contributed by atoms with Gasteiger partial charge in [0, 0.05) is 12.5 Å². The van der Waals surface area contributed by atoms with Crippen LogP contribution in [-0.4, -0.2) is 46.8 Å². The second-order valence-electron chi connectivity index (χ2n) is 5.71. The Morgan fingerprint density at radius 2 is 2.09 bits per heavy atom. The summed E-state index contributed by atoms with van der Waals surface area (Å²) in [7, 11) is 0. The van der Waals surface area contributed by atoms with E-state index in [1.807, 2.05) is 30.3 Å². The van der Waals surface area contributed by atoms with Gasteiger partial charge in [0.05, 0.1) is 6.61 Å². The Bertz CT molecular complexity index is 520. The van der Waals surface area contributed by atoms with Gasteiger partial charge in [-0.25, -0.2) is 4.79 Å². The van der Waals surface area contributed by atoms with Crippen molar-refractivity contribution >= 4 is 11.9 Å². The van der Waals surface area contributed by atoms with Crippen molar-refractivity contribution in [3.63, 3.8) is 0 Å². The van der Waals surface area contributed by atoms with Crippen LogP contribution in [0.25, 0.3) is 0 Å². The summed E-state index contributed by atoms with van der Waals surface area (Å²) in [5.74, 6) is -1.21. The standard InChI is InChI=1S/C16H22N2O4/c19-11-13(10-12-4-2-1-3-5-12)17-9-8-16(15(21)22)7-6-14(20)18-16/h1-5,13,17,19H,6-11H2,(H,18,20)(H,21,22)/t13-,16-/m0/s1. The molecule has 2 rings (SSSR count). The molecule has 1 aliphatic heterocycles. The Hall–Kier alpha value is -1.92. The van der Waals surface area contributed by atoms with E-state index in [0.29, 0.717) is 25.8 Å². The summed E-state index contributed by atoms with van der Waals surface area (Å²) in [5.41, 5.74) is -0.0622. The average Bonchev–Trinajstić information content (AvgIpc) is 2.90. The highest BCUT2D eigenvalue weighted by atomic mass is 16.4. The number of carbonyl (C=O) groups excluding carboxylic acids is 1. The van der Waals surface area contributed by atoms with Gasteiger partial charge < -0.3 is 20.8 Å². The molecule has 0 saturated carbocycles. The summed E-state index contributed by atoms with van der Waals surface area (Å²) < 4.78 is 0. The van der Waals surface area contributed by atoms with Crippen LogP contribution in [0.1, 0.15) is 24.8 Å². The number of hydrogen-bond donors (Lipinski definition) is 4. The number of aliphatic hydroxyl groups excluding tert-OH is 1. The number of hydrogen-bond acceptors (Lipinski definition) is 4. The monoisotopic (exact) mass is 306 g/mol. The van der Waals surface area contributed by atoms with Gasteiger partial charge in [0.25, 0.3) is 0 Å². The lowest BCUT2D eigenvalue weighted by Crippen LogP contribution is -2.51. The number of carbonyl (C=O) groups is 2. The van der Waals surface area contributed by atoms with Crippen molar-refractivity contribution < 1.29 is 19.8 Å². The largest absolute Gasteiger partial charge is 0.480 e. The molecule has 6 nitrogen and oxygen atoms in total. The lowest BCUT2D eigenvalue weighted by molar-refractivity contribution is -0.145. The molecule has 4 N–H and O–H groups in total. The fourth-order valence-corrected chi connectivity index (χ4v) is 2.76. The van der Waals surface area contributed by atoms with E-state index >= 15 is 0 Å². The van der Waals surface area contributed by atoms with Gasteiger partial charge in [-0.3, -0.25) is 4.79 Å². The zero-order valence-electron chi connectivity index (χ0n) is 12.4. The summed E-state index contributed by atoms with van der Waals surface area (Å²) in [6.45, 7) is 0.395. The zero-order valence-corrected chi connectivity index (χ0v) is 12.4. The van der Waals surface area contributed by atoms with Crippen LogP contribution in [0.2, 0.25) is 0 Å². The number of aliphatic carboxylic acids is 1. The minimum absolute atomic E-state index is 0.0265. The average molecular weight is 306 g/mol. The van der Waals surface area contributed by atoms with E-state index in [-0.39, 0.29) is 25.0 Å². The van der Waals surface area contributed by atoms with Gasteiger partial charge >= 0.3 is 5.97 Å². The van der Waals surface area contributed by atoms with Crippen molar-refractivity contribution in [3.05, 3.63) is 35.9 Å². The lowest BCUT2D eigenvalue weighted by atomic mass is 9.93. The van der Waals surface area contributed by atoms with E-state index in [1.165, 1.54) is 0 Å². The topological polar surface area (TPSA) is 98.7 Å². The molecule has 1 saturated heterocycles. The first-order valence-electron chi connectivity index (χ1n) is 7.48. The van der Waals surface area contributed by atoms with E-state index in [9.17, 15) is 19.8 Å². The van der Waals surface area contributed by atoms with E-state index in [1.54, 1.807) is 0 Å². The number of amides is 1. The summed E-state index contributed by atoms with van der Waals surface area (Å²) in [5, 5.41) is 24.5. The zero-order chi connectivity index (χ0) is 16.0. The number of aliphatic hydroxyl groups is 1. The van der Waals surface area contributed by atoms with Gasteiger partial charge in [0.15, 0.2) is 0 Å². The van der Waals surface area contributed by atoms with Crippen LogP contribution in [0.3, 0.4) is 0 Å². The molecule has 0 aliphatic carbocycles. The van der Waals surface area contributed by atoms with Crippen LogP contribution in [0, 0.1) is 0 Å². The van der Waals surface area contributed by atoms with Gasteiger partial charge in [0.1, 0.15) is 5.54 Å². The Labute approximate surface area is 129 Å². The maximum Gasteiger partial charge on any atom is 0.329 e. The smallest absolute Gasteiger partial charge is 0.329 e. The normalized spacial score (nSPS) is 22.3. The predicted molar refractivity (Wildman–Crippen MR) is 81.4 cm³/mol. The molecule has 0 bridgehead atoms. The third kappa shape index (κ3) is 4.05. The molecular weight excluding hydrogens is 284 g/mol. The van der Waals surface area contributed by atoms with Crippen molar-refractivity contribution in [2.24, 2.45) is 0 Å². The Morgan fingerprint density at radius 3 is 2.64 bits per heavy atom. The highest BCUT2D eigenvalue weighted by Crippen LogP contribution is 2.24. The molecule has 1 amide bonds. The van der Waals surface area contributed by atoms with Crippen LogP contribution in [0.4, 0.5) is 0 Å². The molecular formula is C16H22N2O4. The molecule has 0 aromatic heterocycles. The van der Waals surface area contributed by atoms with E-state index in [2.05, 4.69) is 10.6 Å². The highest BCUT2D eigenvalue weighted by Gasteiger charge is 2.44. The molecule has 120 valence electrons. The Morgan fingerprint density at radius 1 is 1.36 bits per heavy atom. The number of rotatable bonds is 8. The van der Waals surface area contributed by atoms with E-state index < -0.39 is 11.5 Å². The molecule has 1 aliphatic rings. The number of benzene rings is 1. The number of nitrogens with one attached hydrogen (secondary N) is 2. The van der Waals surface area contributed by atoms with Gasteiger partial charge in [0.2, 0.25) is 5.91 Å².